The molecule has 18 heavy (non-hydrogen) atoms. The number of hydrogen-bond donors (Lipinski definition) is 1. The number of amides is 1. The Morgan fingerprint density at radius 2 is 1.50 bits per heavy atom. The number of carbonyl (C=O) groups excluding carboxylic acids is 1. The van der Waals surface area contributed by atoms with Gasteiger partial charge in [-0.25, -0.2) is 0 Å². The average Bonchev–Trinajstić information content (AvgIpc) is 2.89. The molecule has 0 aromatic carbocycles. The van der Waals surface area contributed by atoms with Crippen molar-refractivity contribution in [1.29, 1.82) is 0 Å². The predicted molar refractivity (Wildman–Crippen MR) is 68.2 cm³/mol. The van der Waals surface area contributed by atoms with Gasteiger partial charge in [-0.2, -0.15) is 0 Å². The van der Waals surface area contributed by atoms with Crippen molar-refractivity contribution in [3.05, 3.63) is 0 Å². The van der Waals surface area contributed by atoms with Gasteiger partial charge in [-0.3, -0.25) is 9.59 Å². The molecule has 0 atom stereocenters. The van der Waals surface area contributed by atoms with E-state index in [0.717, 1.165) is 51.4 Å². The Kier molecular flexibility index (Phi) is 4.61. The second-order valence-electron chi connectivity index (χ2n) is 5.63. The third-order valence-electron chi connectivity index (χ3n) is 4.31. The maximum Gasteiger partial charge on any atom is 0.323 e. The summed E-state index contributed by atoms with van der Waals surface area (Å²) >= 11 is 0. The van der Waals surface area contributed by atoms with Crippen LogP contribution in [0.15, 0.2) is 0 Å². The smallest absolute Gasteiger partial charge is 0.323 e. The van der Waals surface area contributed by atoms with Crippen LogP contribution < -0.4 is 0 Å². The van der Waals surface area contributed by atoms with Gasteiger partial charge < -0.3 is 10.0 Å². The minimum atomic E-state index is -0.883. The van der Waals surface area contributed by atoms with E-state index in [9.17, 15) is 9.59 Å². The van der Waals surface area contributed by atoms with Crippen molar-refractivity contribution >= 4 is 11.9 Å². The van der Waals surface area contributed by atoms with Crippen LogP contribution in [0.4, 0.5) is 0 Å². The van der Waals surface area contributed by atoms with Crippen LogP contribution in [0.1, 0.15) is 57.8 Å². The molecule has 0 aromatic rings. The zero-order valence-corrected chi connectivity index (χ0v) is 10.9. The van der Waals surface area contributed by atoms with Crippen molar-refractivity contribution < 1.29 is 14.7 Å². The quantitative estimate of drug-likeness (QED) is 0.837. The molecule has 1 N–H and O–H groups in total. The first-order chi connectivity index (χ1) is 8.68. The summed E-state index contributed by atoms with van der Waals surface area (Å²) < 4.78 is 0. The highest BCUT2D eigenvalue weighted by Gasteiger charge is 2.32. The van der Waals surface area contributed by atoms with Crippen LogP contribution in [0, 0.1) is 5.92 Å². The molecular weight excluding hydrogens is 230 g/mol. The number of carboxylic acids is 1. The molecule has 102 valence electrons. The molecule has 4 nitrogen and oxygen atoms in total. The van der Waals surface area contributed by atoms with Gasteiger partial charge in [0.1, 0.15) is 6.54 Å². The standard InChI is InChI=1S/C14H23NO3/c16-13(17)10-15(12-8-4-5-9-12)14(18)11-6-2-1-3-7-11/h11-12H,1-10H2,(H,16,17). The lowest BCUT2D eigenvalue weighted by Gasteiger charge is -2.32. The first-order valence-corrected chi connectivity index (χ1v) is 7.21. The largest absolute Gasteiger partial charge is 0.480 e. The number of aliphatic carboxylic acids is 1. The summed E-state index contributed by atoms with van der Waals surface area (Å²) in [6.07, 6.45) is 9.54. The summed E-state index contributed by atoms with van der Waals surface area (Å²) in [6.45, 7) is -0.111. The van der Waals surface area contributed by atoms with E-state index >= 15 is 0 Å². The molecule has 0 saturated heterocycles. The fourth-order valence-electron chi connectivity index (χ4n) is 3.33. The minimum Gasteiger partial charge on any atom is -0.480 e. The molecule has 1 amide bonds. The molecular formula is C14H23NO3. The topological polar surface area (TPSA) is 57.6 Å². The van der Waals surface area contributed by atoms with Crippen molar-refractivity contribution in [3.8, 4) is 0 Å². The minimum absolute atomic E-state index is 0.0821. The van der Waals surface area contributed by atoms with Gasteiger partial charge >= 0.3 is 5.97 Å². The van der Waals surface area contributed by atoms with Crippen LogP contribution >= 0.6 is 0 Å². The Labute approximate surface area is 108 Å². The summed E-state index contributed by atoms with van der Waals surface area (Å²) in [7, 11) is 0. The van der Waals surface area contributed by atoms with Gasteiger partial charge in [-0.15, -0.1) is 0 Å². The first kappa shape index (κ1) is 13.4. The Bertz CT molecular complexity index is 304. The van der Waals surface area contributed by atoms with E-state index in [4.69, 9.17) is 5.11 Å². The van der Waals surface area contributed by atoms with E-state index in [1.165, 1.54) is 6.42 Å². The fourth-order valence-corrected chi connectivity index (χ4v) is 3.33. The van der Waals surface area contributed by atoms with Crippen molar-refractivity contribution in [1.82, 2.24) is 4.90 Å². The third kappa shape index (κ3) is 3.24. The maximum atomic E-state index is 12.5. The number of carboxylic acid groups (broad SMARTS) is 1. The zero-order chi connectivity index (χ0) is 13.0. The lowest BCUT2D eigenvalue weighted by molar-refractivity contribution is -0.148. The van der Waals surface area contributed by atoms with Crippen LogP contribution in [0.25, 0.3) is 0 Å². The van der Waals surface area contributed by atoms with Crippen LogP contribution in [-0.2, 0) is 9.59 Å². The highest BCUT2D eigenvalue weighted by atomic mass is 16.4. The molecule has 2 aliphatic rings. The molecule has 2 saturated carbocycles. The molecule has 0 aliphatic heterocycles. The Hall–Kier alpha value is -1.06. The van der Waals surface area contributed by atoms with Gasteiger partial charge in [-0.1, -0.05) is 32.1 Å². The molecule has 0 radical (unpaired) electrons. The summed E-state index contributed by atoms with van der Waals surface area (Å²) in [5.74, 6) is -0.700. The lowest BCUT2D eigenvalue weighted by Crippen LogP contribution is -2.45. The maximum absolute atomic E-state index is 12.5. The summed E-state index contributed by atoms with van der Waals surface area (Å²) in [5, 5.41) is 9.00. The first-order valence-electron chi connectivity index (χ1n) is 7.21. The predicted octanol–water partition coefficient (Wildman–Crippen LogP) is 2.42. The van der Waals surface area contributed by atoms with E-state index in [0.29, 0.717) is 0 Å². The van der Waals surface area contributed by atoms with Gasteiger partial charge in [0.25, 0.3) is 0 Å². The lowest BCUT2D eigenvalue weighted by atomic mass is 9.88. The van der Waals surface area contributed by atoms with E-state index in [2.05, 4.69) is 0 Å². The van der Waals surface area contributed by atoms with Crippen molar-refractivity contribution in [3.63, 3.8) is 0 Å². The Morgan fingerprint density at radius 3 is 2.06 bits per heavy atom. The molecule has 0 heterocycles. The monoisotopic (exact) mass is 253 g/mol. The van der Waals surface area contributed by atoms with E-state index < -0.39 is 5.97 Å². The van der Waals surface area contributed by atoms with E-state index in [1.807, 2.05) is 0 Å². The molecule has 2 rings (SSSR count). The third-order valence-corrected chi connectivity index (χ3v) is 4.31. The van der Waals surface area contributed by atoms with E-state index in [-0.39, 0.29) is 24.4 Å². The number of carbonyl (C=O) groups is 2. The van der Waals surface area contributed by atoms with E-state index in [1.54, 1.807) is 4.90 Å². The number of nitrogens with zero attached hydrogens (tertiary/aromatic N) is 1. The fraction of sp³-hybridized carbons (Fsp3) is 0.857. The van der Waals surface area contributed by atoms with Crippen LogP contribution in [-0.4, -0.2) is 34.5 Å². The molecule has 2 aliphatic carbocycles. The van der Waals surface area contributed by atoms with Crippen molar-refractivity contribution in [2.24, 2.45) is 5.92 Å². The Balaban J connectivity index is 2.01. The van der Waals surface area contributed by atoms with Gasteiger partial charge in [0.05, 0.1) is 0 Å². The summed E-state index contributed by atoms with van der Waals surface area (Å²) in [6, 6.07) is 0.176. The van der Waals surface area contributed by atoms with Gasteiger partial charge in [0.15, 0.2) is 0 Å². The molecule has 4 heteroatoms. The van der Waals surface area contributed by atoms with Crippen LogP contribution in [0.2, 0.25) is 0 Å². The highest BCUT2D eigenvalue weighted by molar-refractivity contribution is 5.83. The molecule has 2 fully saturated rings. The second kappa shape index (κ2) is 6.21. The van der Waals surface area contributed by atoms with Crippen molar-refractivity contribution in [2.45, 2.75) is 63.8 Å². The SMILES string of the molecule is O=C(O)CN(C(=O)C1CCCCC1)C1CCCC1. The Morgan fingerprint density at radius 1 is 0.944 bits per heavy atom. The molecule has 0 unspecified atom stereocenters. The average molecular weight is 253 g/mol. The van der Waals surface area contributed by atoms with Crippen LogP contribution in [0.5, 0.6) is 0 Å². The van der Waals surface area contributed by atoms with Crippen molar-refractivity contribution in [2.75, 3.05) is 6.54 Å². The molecule has 0 aromatic heterocycles. The molecule has 0 spiro atoms. The molecule has 0 bridgehead atoms. The second-order valence-corrected chi connectivity index (χ2v) is 5.63. The van der Waals surface area contributed by atoms with Gasteiger partial charge in [0.2, 0.25) is 5.91 Å². The zero-order valence-electron chi connectivity index (χ0n) is 10.9. The highest BCUT2D eigenvalue weighted by Crippen LogP contribution is 2.29. The number of hydrogen-bond acceptors (Lipinski definition) is 2. The number of rotatable bonds is 4. The summed E-state index contributed by atoms with van der Waals surface area (Å²) in [4.78, 5) is 25.1. The summed E-state index contributed by atoms with van der Waals surface area (Å²) in [5.41, 5.74) is 0. The van der Waals surface area contributed by atoms with Gasteiger partial charge in [0, 0.05) is 12.0 Å². The van der Waals surface area contributed by atoms with Gasteiger partial charge in [-0.05, 0) is 25.7 Å². The normalized spacial score (nSPS) is 22.0. The van der Waals surface area contributed by atoms with Crippen LogP contribution in [0.3, 0.4) is 0 Å².